The SMILES string of the molecule is CCCC(=O)C1C(C)C=CCC1(C)C. The molecule has 0 bridgehead atoms. The van der Waals surface area contributed by atoms with Gasteiger partial charge in [-0.25, -0.2) is 0 Å². The summed E-state index contributed by atoms with van der Waals surface area (Å²) in [6, 6.07) is 0. The van der Waals surface area contributed by atoms with Crippen LogP contribution < -0.4 is 0 Å². The van der Waals surface area contributed by atoms with Crippen molar-refractivity contribution in [3.63, 3.8) is 0 Å². The van der Waals surface area contributed by atoms with Crippen LogP contribution in [0.5, 0.6) is 0 Å². The summed E-state index contributed by atoms with van der Waals surface area (Å²) in [6.07, 6.45) is 7.18. The third-order valence-electron chi connectivity index (χ3n) is 3.29. The summed E-state index contributed by atoms with van der Waals surface area (Å²) in [4.78, 5) is 12.0. The smallest absolute Gasteiger partial charge is 0.137 e. The van der Waals surface area contributed by atoms with E-state index < -0.39 is 0 Å². The predicted octanol–water partition coefficient (Wildman–Crippen LogP) is 3.59. The van der Waals surface area contributed by atoms with E-state index in [0.29, 0.717) is 11.7 Å². The van der Waals surface area contributed by atoms with E-state index in [4.69, 9.17) is 0 Å². The Morgan fingerprint density at radius 2 is 2.14 bits per heavy atom. The Morgan fingerprint density at radius 3 is 2.64 bits per heavy atom. The summed E-state index contributed by atoms with van der Waals surface area (Å²) in [5, 5.41) is 0. The zero-order valence-electron chi connectivity index (χ0n) is 9.84. The second-order valence-electron chi connectivity index (χ2n) is 5.17. The Labute approximate surface area is 87.6 Å². The summed E-state index contributed by atoms with van der Waals surface area (Å²) < 4.78 is 0. The van der Waals surface area contributed by atoms with Crippen LogP contribution in [-0.2, 0) is 4.79 Å². The summed E-state index contributed by atoms with van der Waals surface area (Å²) >= 11 is 0. The highest BCUT2D eigenvalue weighted by molar-refractivity contribution is 5.82. The molecule has 2 unspecified atom stereocenters. The van der Waals surface area contributed by atoms with Crippen LogP contribution in [0, 0.1) is 17.3 Å². The molecule has 1 aliphatic rings. The van der Waals surface area contributed by atoms with E-state index in [9.17, 15) is 4.79 Å². The number of rotatable bonds is 3. The molecule has 80 valence electrons. The van der Waals surface area contributed by atoms with Gasteiger partial charge in [0.15, 0.2) is 0 Å². The lowest BCUT2D eigenvalue weighted by Gasteiger charge is -2.38. The van der Waals surface area contributed by atoms with Crippen molar-refractivity contribution in [3.05, 3.63) is 12.2 Å². The molecule has 0 radical (unpaired) electrons. The molecular weight excluding hydrogens is 172 g/mol. The molecule has 0 aromatic carbocycles. The monoisotopic (exact) mass is 194 g/mol. The molecule has 0 spiro atoms. The lowest BCUT2D eigenvalue weighted by Crippen LogP contribution is -2.37. The zero-order chi connectivity index (χ0) is 10.8. The van der Waals surface area contributed by atoms with Crippen LogP contribution in [0.2, 0.25) is 0 Å². The molecule has 0 N–H and O–H groups in total. The first-order valence-corrected chi connectivity index (χ1v) is 5.68. The number of hydrogen-bond acceptors (Lipinski definition) is 1. The quantitative estimate of drug-likeness (QED) is 0.627. The van der Waals surface area contributed by atoms with Crippen LogP contribution in [-0.4, -0.2) is 5.78 Å². The lowest BCUT2D eigenvalue weighted by molar-refractivity contribution is -0.128. The van der Waals surface area contributed by atoms with Crippen molar-refractivity contribution in [3.8, 4) is 0 Å². The second kappa shape index (κ2) is 4.29. The van der Waals surface area contributed by atoms with Gasteiger partial charge in [0.2, 0.25) is 0 Å². The number of Topliss-reactive ketones (excluding diaryl/α,β-unsaturated/α-hetero) is 1. The summed E-state index contributed by atoms with van der Waals surface area (Å²) in [5.74, 6) is 1.10. The average Bonchev–Trinajstić information content (AvgIpc) is 2.02. The molecule has 1 aliphatic carbocycles. The van der Waals surface area contributed by atoms with Crippen LogP contribution in [0.15, 0.2) is 12.2 Å². The van der Waals surface area contributed by atoms with E-state index in [0.717, 1.165) is 19.3 Å². The van der Waals surface area contributed by atoms with E-state index in [1.807, 2.05) is 0 Å². The van der Waals surface area contributed by atoms with E-state index in [1.54, 1.807) is 0 Å². The predicted molar refractivity (Wildman–Crippen MR) is 60.1 cm³/mol. The fourth-order valence-electron chi connectivity index (χ4n) is 2.67. The fourth-order valence-corrected chi connectivity index (χ4v) is 2.67. The number of carbonyl (C=O) groups is 1. The van der Waals surface area contributed by atoms with Crippen LogP contribution in [0.25, 0.3) is 0 Å². The molecule has 0 saturated carbocycles. The largest absolute Gasteiger partial charge is 0.299 e. The number of allylic oxidation sites excluding steroid dienone is 2. The summed E-state index contributed by atoms with van der Waals surface area (Å²) in [5.41, 5.74) is 0.153. The topological polar surface area (TPSA) is 17.1 Å². The molecule has 0 aliphatic heterocycles. The van der Waals surface area contributed by atoms with Gasteiger partial charge in [-0.3, -0.25) is 4.79 Å². The first-order chi connectivity index (χ1) is 6.49. The van der Waals surface area contributed by atoms with Gasteiger partial charge in [-0.15, -0.1) is 0 Å². The molecule has 0 saturated heterocycles. The van der Waals surface area contributed by atoms with E-state index in [2.05, 4.69) is 39.8 Å². The van der Waals surface area contributed by atoms with Gasteiger partial charge in [0.1, 0.15) is 5.78 Å². The molecule has 1 nitrogen and oxygen atoms in total. The molecular formula is C13H22O. The van der Waals surface area contributed by atoms with E-state index >= 15 is 0 Å². The van der Waals surface area contributed by atoms with Crippen molar-refractivity contribution >= 4 is 5.78 Å². The molecule has 1 rings (SSSR count). The van der Waals surface area contributed by atoms with Crippen LogP contribution in [0.1, 0.15) is 47.0 Å². The molecule has 0 fully saturated rings. The standard InChI is InChI=1S/C13H22O/c1-5-7-11(14)12-10(2)8-6-9-13(12,3)4/h6,8,10,12H,5,7,9H2,1-4H3. The van der Waals surface area contributed by atoms with Crippen molar-refractivity contribution in [2.24, 2.45) is 17.3 Å². The molecule has 2 atom stereocenters. The highest BCUT2D eigenvalue weighted by Crippen LogP contribution is 2.41. The third kappa shape index (κ3) is 2.26. The van der Waals surface area contributed by atoms with Crippen molar-refractivity contribution in [1.29, 1.82) is 0 Å². The minimum absolute atomic E-state index is 0.153. The number of ketones is 1. The maximum atomic E-state index is 12.0. The minimum atomic E-state index is 0.153. The average molecular weight is 194 g/mol. The molecule has 14 heavy (non-hydrogen) atoms. The van der Waals surface area contributed by atoms with Gasteiger partial charge in [-0.2, -0.15) is 0 Å². The van der Waals surface area contributed by atoms with Gasteiger partial charge in [0.25, 0.3) is 0 Å². The molecule has 1 heteroatoms. The minimum Gasteiger partial charge on any atom is -0.299 e. The van der Waals surface area contributed by atoms with Crippen molar-refractivity contribution in [2.75, 3.05) is 0 Å². The van der Waals surface area contributed by atoms with Crippen molar-refractivity contribution in [2.45, 2.75) is 47.0 Å². The van der Waals surface area contributed by atoms with E-state index in [-0.39, 0.29) is 11.3 Å². The van der Waals surface area contributed by atoms with Gasteiger partial charge < -0.3 is 0 Å². The Balaban J connectivity index is 2.82. The zero-order valence-corrected chi connectivity index (χ0v) is 9.84. The molecule has 0 heterocycles. The van der Waals surface area contributed by atoms with Gasteiger partial charge in [-0.1, -0.05) is 39.8 Å². The van der Waals surface area contributed by atoms with Crippen molar-refractivity contribution < 1.29 is 4.79 Å². The van der Waals surface area contributed by atoms with Gasteiger partial charge in [0.05, 0.1) is 0 Å². The van der Waals surface area contributed by atoms with Crippen LogP contribution >= 0.6 is 0 Å². The highest BCUT2D eigenvalue weighted by atomic mass is 16.1. The van der Waals surface area contributed by atoms with Crippen LogP contribution in [0.4, 0.5) is 0 Å². The Morgan fingerprint density at radius 1 is 1.50 bits per heavy atom. The fraction of sp³-hybridized carbons (Fsp3) is 0.769. The Bertz CT molecular complexity index is 238. The van der Waals surface area contributed by atoms with Gasteiger partial charge >= 0.3 is 0 Å². The maximum absolute atomic E-state index is 12.0. The first-order valence-electron chi connectivity index (χ1n) is 5.68. The maximum Gasteiger partial charge on any atom is 0.137 e. The second-order valence-corrected chi connectivity index (χ2v) is 5.17. The normalized spacial score (nSPS) is 30.3. The molecule has 0 aromatic rings. The van der Waals surface area contributed by atoms with Gasteiger partial charge in [-0.05, 0) is 24.2 Å². The lowest BCUT2D eigenvalue weighted by atomic mass is 9.65. The summed E-state index contributed by atoms with van der Waals surface area (Å²) in [6.45, 7) is 8.67. The Kier molecular flexibility index (Phi) is 3.52. The Hall–Kier alpha value is -0.590. The first kappa shape index (κ1) is 11.5. The summed E-state index contributed by atoms with van der Waals surface area (Å²) in [7, 11) is 0. The molecule has 0 amide bonds. The highest BCUT2D eigenvalue weighted by Gasteiger charge is 2.38. The van der Waals surface area contributed by atoms with E-state index in [1.165, 1.54) is 0 Å². The van der Waals surface area contributed by atoms with Gasteiger partial charge in [0, 0.05) is 12.3 Å². The van der Waals surface area contributed by atoms with Crippen molar-refractivity contribution in [1.82, 2.24) is 0 Å². The molecule has 0 aromatic heterocycles. The third-order valence-corrected chi connectivity index (χ3v) is 3.29. The number of hydrogen-bond donors (Lipinski definition) is 0. The van der Waals surface area contributed by atoms with Crippen LogP contribution in [0.3, 0.4) is 0 Å². The number of carbonyl (C=O) groups excluding carboxylic acids is 1.